The van der Waals surface area contributed by atoms with Gasteiger partial charge in [0.1, 0.15) is 19.3 Å². The van der Waals surface area contributed by atoms with Gasteiger partial charge < -0.3 is 20.1 Å². The Morgan fingerprint density at radius 1 is 1.04 bits per heavy atom. The molecule has 1 atom stereocenters. The Morgan fingerprint density at radius 2 is 1.83 bits per heavy atom. The largest absolute Gasteiger partial charge is 0.486 e. The highest BCUT2D eigenvalue weighted by atomic mass is 16.6. The molecular weight excluding hydrogens is 292 g/mol. The molecule has 5 heteroatoms. The second-order valence-electron chi connectivity index (χ2n) is 5.58. The molecule has 5 nitrogen and oxygen atoms in total. The summed E-state index contributed by atoms with van der Waals surface area (Å²) in [6.07, 6.45) is 0. The zero-order valence-corrected chi connectivity index (χ0v) is 13.3. The van der Waals surface area contributed by atoms with Crippen LogP contribution in [-0.2, 0) is 4.79 Å². The summed E-state index contributed by atoms with van der Waals surface area (Å²) in [6.45, 7) is 4.92. The number of rotatable bonds is 4. The highest BCUT2D eigenvalue weighted by Crippen LogP contribution is 2.32. The Hall–Kier alpha value is -2.69. The number of anilines is 2. The van der Waals surface area contributed by atoms with Crippen LogP contribution in [0.3, 0.4) is 0 Å². The van der Waals surface area contributed by atoms with Gasteiger partial charge in [0.25, 0.3) is 0 Å². The van der Waals surface area contributed by atoms with E-state index < -0.39 is 0 Å². The molecule has 1 heterocycles. The minimum absolute atomic E-state index is 0.108. The van der Waals surface area contributed by atoms with E-state index >= 15 is 0 Å². The van der Waals surface area contributed by atoms with Gasteiger partial charge in [-0.2, -0.15) is 0 Å². The molecular formula is C18H20N2O3. The predicted octanol–water partition coefficient (Wildman–Crippen LogP) is 3.21. The summed E-state index contributed by atoms with van der Waals surface area (Å²) in [5.74, 6) is 1.26. The van der Waals surface area contributed by atoms with Crippen molar-refractivity contribution in [1.82, 2.24) is 0 Å². The van der Waals surface area contributed by atoms with Crippen molar-refractivity contribution in [1.29, 1.82) is 0 Å². The average Bonchev–Trinajstić information content (AvgIpc) is 2.54. The van der Waals surface area contributed by atoms with Crippen molar-refractivity contribution in [3.05, 3.63) is 48.0 Å². The van der Waals surface area contributed by atoms with Crippen LogP contribution in [0.5, 0.6) is 11.5 Å². The Labute approximate surface area is 135 Å². The van der Waals surface area contributed by atoms with E-state index in [4.69, 9.17) is 9.47 Å². The first-order valence-electron chi connectivity index (χ1n) is 7.65. The van der Waals surface area contributed by atoms with E-state index in [0.717, 1.165) is 11.3 Å². The summed E-state index contributed by atoms with van der Waals surface area (Å²) in [6, 6.07) is 13.0. The second kappa shape index (κ2) is 6.60. The van der Waals surface area contributed by atoms with E-state index in [9.17, 15) is 4.79 Å². The molecule has 0 radical (unpaired) electrons. The molecule has 3 rings (SSSR count). The van der Waals surface area contributed by atoms with Gasteiger partial charge in [-0.05, 0) is 43.7 Å². The van der Waals surface area contributed by atoms with Gasteiger partial charge in [-0.25, -0.2) is 0 Å². The summed E-state index contributed by atoms with van der Waals surface area (Å²) in [5, 5.41) is 6.09. The molecule has 0 saturated heterocycles. The minimum atomic E-state index is -0.356. The molecule has 0 bridgehead atoms. The molecule has 1 amide bonds. The van der Waals surface area contributed by atoms with Crippen LogP contribution in [0.15, 0.2) is 42.5 Å². The molecule has 0 unspecified atom stereocenters. The Kier molecular flexibility index (Phi) is 4.37. The topological polar surface area (TPSA) is 59.6 Å². The summed E-state index contributed by atoms with van der Waals surface area (Å²) in [7, 11) is 0. The van der Waals surface area contributed by atoms with Crippen LogP contribution in [-0.4, -0.2) is 25.2 Å². The predicted molar refractivity (Wildman–Crippen MR) is 90.3 cm³/mol. The highest BCUT2D eigenvalue weighted by molar-refractivity contribution is 5.96. The van der Waals surface area contributed by atoms with Crippen molar-refractivity contribution >= 4 is 17.3 Å². The summed E-state index contributed by atoms with van der Waals surface area (Å²) < 4.78 is 11.0. The summed E-state index contributed by atoms with van der Waals surface area (Å²) in [4.78, 5) is 12.3. The fourth-order valence-electron chi connectivity index (χ4n) is 2.42. The van der Waals surface area contributed by atoms with Gasteiger partial charge in [0, 0.05) is 17.4 Å². The lowest BCUT2D eigenvalue weighted by Gasteiger charge is -2.20. The number of benzene rings is 2. The van der Waals surface area contributed by atoms with Crippen LogP contribution in [0.1, 0.15) is 12.5 Å². The third-order valence-electron chi connectivity index (χ3n) is 3.60. The Morgan fingerprint density at radius 3 is 2.61 bits per heavy atom. The van der Waals surface area contributed by atoms with E-state index in [2.05, 4.69) is 10.6 Å². The maximum Gasteiger partial charge on any atom is 0.246 e. The SMILES string of the molecule is Cc1cccc(N[C@H](C)C(=O)Nc2ccc3c(c2)OCCO3)c1. The second-order valence-corrected chi connectivity index (χ2v) is 5.58. The number of aryl methyl sites for hydroxylation is 1. The lowest BCUT2D eigenvalue weighted by Crippen LogP contribution is -2.31. The zero-order valence-electron chi connectivity index (χ0n) is 13.3. The first-order chi connectivity index (χ1) is 11.1. The number of carbonyl (C=O) groups is 1. The normalized spacial score (nSPS) is 14.0. The first-order valence-corrected chi connectivity index (χ1v) is 7.65. The van der Waals surface area contributed by atoms with E-state index in [1.54, 1.807) is 6.07 Å². The van der Waals surface area contributed by atoms with Gasteiger partial charge in [0.05, 0.1) is 0 Å². The maximum absolute atomic E-state index is 12.3. The number of nitrogens with one attached hydrogen (secondary N) is 2. The highest BCUT2D eigenvalue weighted by Gasteiger charge is 2.16. The average molecular weight is 312 g/mol. The standard InChI is InChI=1S/C18H20N2O3/c1-12-4-3-5-14(10-12)19-13(2)18(21)20-15-6-7-16-17(11-15)23-9-8-22-16/h3-7,10-11,13,19H,8-9H2,1-2H3,(H,20,21)/t13-/m1/s1. The van der Waals surface area contributed by atoms with E-state index in [0.29, 0.717) is 30.4 Å². The van der Waals surface area contributed by atoms with Crippen molar-refractivity contribution < 1.29 is 14.3 Å². The van der Waals surface area contributed by atoms with E-state index in [1.165, 1.54) is 0 Å². The number of fused-ring (bicyclic) bond motifs is 1. The monoisotopic (exact) mass is 312 g/mol. The summed E-state index contributed by atoms with van der Waals surface area (Å²) >= 11 is 0. The van der Waals surface area contributed by atoms with Gasteiger partial charge >= 0.3 is 0 Å². The molecule has 1 aliphatic heterocycles. The molecule has 0 aromatic heterocycles. The smallest absolute Gasteiger partial charge is 0.246 e. The lowest BCUT2D eigenvalue weighted by atomic mass is 10.2. The van der Waals surface area contributed by atoms with Gasteiger partial charge in [-0.3, -0.25) is 4.79 Å². The third kappa shape index (κ3) is 3.74. The number of carbonyl (C=O) groups excluding carboxylic acids is 1. The quantitative estimate of drug-likeness (QED) is 0.910. The fourth-order valence-corrected chi connectivity index (χ4v) is 2.42. The maximum atomic E-state index is 12.3. The van der Waals surface area contributed by atoms with Gasteiger partial charge in [-0.1, -0.05) is 12.1 Å². The molecule has 120 valence electrons. The molecule has 0 saturated carbocycles. The van der Waals surface area contributed by atoms with Crippen molar-refractivity contribution in [3.8, 4) is 11.5 Å². The van der Waals surface area contributed by atoms with Crippen LogP contribution in [0.25, 0.3) is 0 Å². The van der Waals surface area contributed by atoms with Gasteiger partial charge in [-0.15, -0.1) is 0 Å². The Bertz CT molecular complexity index is 715. The molecule has 0 fully saturated rings. The molecule has 1 aliphatic rings. The van der Waals surface area contributed by atoms with Crippen LogP contribution < -0.4 is 20.1 Å². The summed E-state index contributed by atoms with van der Waals surface area (Å²) in [5.41, 5.74) is 2.77. The van der Waals surface area contributed by atoms with Gasteiger partial charge in [0.2, 0.25) is 5.91 Å². The van der Waals surface area contributed by atoms with Crippen molar-refractivity contribution in [2.75, 3.05) is 23.8 Å². The molecule has 2 N–H and O–H groups in total. The number of hydrogen-bond donors (Lipinski definition) is 2. The van der Waals surface area contributed by atoms with Crippen LogP contribution in [0, 0.1) is 6.92 Å². The Balaban J connectivity index is 1.64. The number of ether oxygens (including phenoxy) is 2. The van der Waals surface area contributed by atoms with Gasteiger partial charge in [0.15, 0.2) is 11.5 Å². The zero-order chi connectivity index (χ0) is 16.2. The van der Waals surface area contributed by atoms with Crippen LogP contribution >= 0.6 is 0 Å². The number of hydrogen-bond acceptors (Lipinski definition) is 4. The van der Waals surface area contributed by atoms with Crippen molar-refractivity contribution in [2.45, 2.75) is 19.9 Å². The van der Waals surface area contributed by atoms with Crippen molar-refractivity contribution in [2.24, 2.45) is 0 Å². The van der Waals surface area contributed by atoms with Crippen molar-refractivity contribution in [3.63, 3.8) is 0 Å². The minimum Gasteiger partial charge on any atom is -0.486 e. The molecule has 0 spiro atoms. The first kappa shape index (κ1) is 15.2. The molecule has 2 aromatic rings. The fraction of sp³-hybridized carbons (Fsp3) is 0.278. The number of amides is 1. The van der Waals surface area contributed by atoms with E-state index in [1.807, 2.05) is 50.2 Å². The lowest BCUT2D eigenvalue weighted by molar-refractivity contribution is -0.116. The van der Waals surface area contributed by atoms with Crippen LogP contribution in [0.2, 0.25) is 0 Å². The molecule has 0 aliphatic carbocycles. The van der Waals surface area contributed by atoms with Crippen LogP contribution in [0.4, 0.5) is 11.4 Å². The van der Waals surface area contributed by atoms with E-state index in [-0.39, 0.29) is 11.9 Å². The molecule has 23 heavy (non-hydrogen) atoms. The molecule has 2 aromatic carbocycles. The third-order valence-corrected chi connectivity index (χ3v) is 3.60.